The van der Waals surface area contributed by atoms with Crippen LogP contribution in [0.3, 0.4) is 0 Å². The van der Waals surface area contributed by atoms with Crippen LogP contribution in [0.25, 0.3) is 10.8 Å². The molecule has 6 heteroatoms. The van der Waals surface area contributed by atoms with Crippen molar-refractivity contribution in [3.05, 3.63) is 42.2 Å². The highest BCUT2D eigenvalue weighted by Gasteiger charge is 2.15. The van der Waals surface area contributed by atoms with E-state index >= 15 is 0 Å². The van der Waals surface area contributed by atoms with Crippen LogP contribution in [0.5, 0.6) is 0 Å². The third-order valence-corrected chi connectivity index (χ3v) is 2.88. The lowest BCUT2D eigenvalue weighted by Gasteiger charge is -2.08. The van der Waals surface area contributed by atoms with E-state index in [1.165, 1.54) is 0 Å². The number of carbonyl (C=O) groups is 2. The zero-order valence-corrected chi connectivity index (χ0v) is 10.6. The lowest BCUT2D eigenvalue weighted by atomic mass is 10.1. The Bertz CT molecular complexity index is 637. The number of pyridine rings is 1. The Hall–Kier alpha value is -2.47. The predicted octanol–water partition coefficient (Wildman–Crippen LogP) is 0.800. The standard InChI is InChI=1S/C14H14N2O4/c17-11(14(19)20)6-8-16-13(18)12-10-4-2-1-3-9(10)5-7-15-12/h1-5,7,11,17H,6,8H2,(H,16,18)(H,19,20)/t11-/m0/s1. The maximum absolute atomic E-state index is 12.0. The molecule has 0 unspecified atom stereocenters. The predicted molar refractivity (Wildman–Crippen MR) is 72.3 cm³/mol. The molecule has 1 amide bonds. The summed E-state index contributed by atoms with van der Waals surface area (Å²) in [6.45, 7) is 0.0667. The van der Waals surface area contributed by atoms with Gasteiger partial charge >= 0.3 is 5.97 Å². The van der Waals surface area contributed by atoms with E-state index < -0.39 is 12.1 Å². The SMILES string of the molecule is O=C(NCC[C@H](O)C(=O)O)c1nccc2ccccc12. The number of rotatable bonds is 5. The number of hydrogen-bond acceptors (Lipinski definition) is 4. The molecule has 2 rings (SSSR count). The van der Waals surface area contributed by atoms with Gasteiger partial charge in [-0.1, -0.05) is 24.3 Å². The molecule has 6 nitrogen and oxygen atoms in total. The molecule has 0 radical (unpaired) electrons. The van der Waals surface area contributed by atoms with Crippen molar-refractivity contribution in [2.75, 3.05) is 6.54 Å². The number of fused-ring (bicyclic) bond motifs is 1. The van der Waals surface area contributed by atoms with E-state index in [9.17, 15) is 9.59 Å². The number of hydrogen-bond donors (Lipinski definition) is 3. The molecular formula is C14H14N2O4. The molecule has 0 saturated heterocycles. The van der Waals surface area contributed by atoms with Crippen molar-refractivity contribution >= 4 is 22.6 Å². The van der Waals surface area contributed by atoms with Gasteiger partial charge in [0.2, 0.25) is 0 Å². The van der Waals surface area contributed by atoms with Gasteiger partial charge < -0.3 is 15.5 Å². The Morgan fingerprint density at radius 2 is 2.00 bits per heavy atom. The van der Waals surface area contributed by atoms with Crippen molar-refractivity contribution in [2.45, 2.75) is 12.5 Å². The van der Waals surface area contributed by atoms with Crippen LogP contribution >= 0.6 is 0 Å². The zero-order chi connectivity index (χ0) is 14.5. The number of aromatic nitrogens is 1. The Labute approximate surface area is 115 Å². The number of aliphatic hydroxyl groups is 1. The fourth-order valence-corrected chi connectivity index (χ4v) is 1.83. The number of nitrogens with one attached hydrogen (secondary N) is 1. The topological polar surface area (TPSA) is 99.5 Å². The third kappa shape index (κ3) is 3.10. The van der Waals surface area contributed by atoms with Crippen LogP contribution in [0.2, 0.25) is 0 Å². The van der Waals surface area contributed by atoms with Gasteiger partial charge in [0.25, 0.3) is 5.91 Å². The molecule has 0 spiro atoms. The third-order valence-electron chi connectivity index (χ3n) is 2.88. The van der Waals surface area contributed by atoms with Crippen LogP contribution < -0.4 is 5.32 Å². The second-order valence-electron chi connectivity index (χ2n) is 4.28. The lowest BCUT2D eigenvalue weighted by Crippen LogP contribution is -2.30. The molecule has 1 aromatic carbocycles. The summed E-state index contributed by atoms with van der Waals surface area (Å²) in [5.74, 6) is -1.69. The molecule has 0 saturated carbocycles. The highest BCUT2D eigenvalue weighted by atomic mass is 16.4. The Kier molecular flexibility index (Phi) is 4.27. The molecule has 0 aliphatic carbocycles. The van der Waals surface area contributed by atoms with E-state index in [-0.39, 0.29) is 24.6 Å². The fraction of sp³-hybridized carbons (Fsp3) is 0.214. The second kappa shape index (κ2) is 6.12. The second-order valence-corrected chi connectivity index (χ2v) is 4.28. The molecule has 2 aromatic rings. The quantitative estimate of drug-likeness (QED) is 0.749. The molecule has 0 bridgehead atoms. The van der Waals surface area contributed by atoms with E-state index in [4.69, 9.17) is 10.2 Å². The average molecular weight is 274 g/mol. The van der Waals surface area contributed by atoms with Gasteiger partial charge in [0.1, 0.15) is 5.69 Å². The Balaban J connectivity index is 2.06. The lowest BCUT2D eigenvalue weighted by molar-refractivity contribution is -0.146. The smallest absolute Gasteiger partial charge is 0.332 e. The van der Waals surface area contributed by atoms with Crippen molar-refractivity contribution in [1.29, 1.82) is 0 Å². The van der Waals surface area contributed by atoms with Gasteiger partial charge in [0, 0.05) is 24.5 Å². The summed E-state index contributed by atoms with van der Waals surface area (Å²) >= 11 is 0. The number of amides is 1. The first-order valence-corrected chi connectivity index (χ1v) is 6.12. The van der Waals surface area contributed by atoms with Crippen LogP contribution in [0.1, 0.15) is 16.9 Å². The van der Waals surface area contributed by atoms with Crippen molar-refractivity contribution < 1.29 is 19.8 Å². The maximum atomic E-state index is 12.0. The molecule has 0 aliphatic rings. The van der Waals surface area contributed by atoms with Crippen LogP contribution in [0.15, 0.2) is 36.5 Å². The summed E-state index contributed by atoms with van der Waals surface area (Å²) in [7, 11) is 0. The number of carbonyl (C=O) groups excluding carboxylic acids is 1. The maximum Gasteiger partial charge on any atom is 0.332 e. The van der Waals surface area contributed by atoms with Crippen molar-refractivity contribution in [3.8, 4) is 0 Å². The normalized spacial score (nSPS) is 12.1. The first kappa shape index (κ1) is 14.0. The summed E-state index contributed by atoms with van der Waals surface area (Å²) in [5.41, 5.74) is 0.285. The fourth-order valence-electron chi connectivity index (χ4n) is 1.83. The minimum atomic E-state index is -1.48. The van der Waals surface area contributed by atoms with Crippen molar-refractivity contribution in [3.63, 3.8) is 0 Å². The molecule has 3 N–H and O–H groups in total. The highest BCUT2D eigenvalue weighted by Crippen LogP contribution is 2.15. The van der Waals surface area contributed by atoms with Crippen molar-refractivity contribution in [2.24, 2.45) is 0 Å². The number of aliphatic hydroxyl groups excluding tert-OH is 1. The van der Waals surface area contributed by atoms with Gasteiger partial charge in [-0.05, 0) is 11.5 Å². The molecule has 1 atom stereocenters. The summed E-state index contributed by atoms with van der Waals surface area (Å²) in [4.78, 5) is 26.5. The Morgan fingerprint density at radius 3 is 2.75 bits per heavy atom. The molecule has 20 heavy (non-hydrogen) atoms. The van der Waals surface area contributed by atoms with Gasteiger partial charge in [0.15, 0.2) is 6.10 Å². The number of carboxylic acids is 1. The van der Waals surface area contributed by atoms with Gasteiger partial charge in [-0.3, -0.25) is 9.78 Å². The van der Waals surface area contributed by atoms with Gasteiger partial charge in [-0.2, -0.15) is 0 Å². The largest absolute Gasteiger partial charge is 0.479 e. The van der Waals surface area contributed by atoms with Crippen LogP contribution in [-0.2, 0) is 4.79 Å². The van der Waals surface area contributed by atoms with E-state index in [0.717, 1.165) is 10.8 Å². The molecule has 104 valence electrons. The van der Waals surface area contributed by atoms with E-state index in [1.54, 1.807) is 18.3 Å². The highest BCUT2D eigenvalue weighted by molar-refractivity contribution is 6.05. The Morgan fingerprint density at radius 1 is 1.25 bits per heavy atom. The zero-order valence-electron chi connectivity index (χ0n) is 10.6. The minimum absolute atomic E-state index is 0.0498. The van der Waals surface area contributed by atoms with Gasteiger partial charge in [-0.25, -0.2) is 4.79 Å². The van der Waals surface area contributed by atoms with E-state index in [2.05, 4.69) is 10.3 Å². The van der Waals surface area contributed by atoms with E-state index in [1.807, 2.05) is 18.2 Å². The molecular weight excluding hydrogens is 260 g/mol. The summed E-state index contributed by atoms with van der Waals surface area (Å²) in [5, 5.41) is 21.8. The average Bonchev–Trinajstić information content (AvgIpc) is 2.46. The number of nitrogens with zero attached hydrogens (tertiary/aromatic N) is 1. The molecule has 1 heterocycles. The van der Waals surface area contributed by atoms with Crippen LogP contribution in [0, 0.1) is 0 Å². The number of carboxylic acid groups (broad SMARTS) is 1. The monoisotopic (exact) mass is 274 g/mol. The summed E-state index contributed by atoms with van der Waals surface area (Å²) in [6, 6.07) is 9.16. The summed E-state index contributed by atoms with van der Waals surface area (Å²) in [6.07, 6.45) is 0.0191. The van der Waals surface area contributed by atoms with Crippen LogP contribution in [0.4, 0.5) is 0 Å². The number of benzene rings is 1. The number of aliphatic carboxylic acids is 1. The summed E-state index contributed by atoms with van der Waals surface area (Å²) < 4.78 is 0. The van der Waals surface area contributed by atoms with Crippen molar-refractivity contribution in [1.82, 2.24) is 10.3 Å². The van der Waals surface area contributed by atoms with Gasteiger partial charge in [0.05, 0.1) is 0 Å². The van der Waals surface area contributed by atoms with E-state index in [0.29, 0.717) is 0 Å². The first-order valence-electron chi connectivity index (χ1n) is 6.12. The molecule has 0 fully saturated rings. The minimum Gasteiger partial charge on any atom is -0.479 e. The van der Waals surface area contributed by atoms with Crippen LogP contribution in [-0.4, -0.2) is 39.7 Å². The van der Waals surface area contributed by atoms with Gasteiger partial charge in [-0.15, -0.1) is 0 Å². The first-order chi connectivity index (χ1) is 9.59. The molecule has 1 aromatic heterocycles. The molecule has 0 aliphatic heterocycles.